The number of ether oxygens (including phenoxy) is 1. The summed E-state index contributed by atoms with van der Waals surface area (Å²) in [4.78, 5) is 5.41. The number of benzene rings is 2. The van der Waals surface area contributed by atoms with Crippen LogP contribution in [0.15, 0.2) is 48.7 Å². The Bertz CT molecular complexity index is 1240. The SMILES string of the molecule is Cc1cnc(CC2COc3cc(-c4ccccc4NS(=O)(=O)C(F)(F)F)ccc3[C@@H]2O)s1. The van der Waals surface area contributed by atoms with E-state index < -0.39 is 21.6 Å². The fourth-order valence-corrected chi connectivity index (χ4v) is 4.99. The van der Waals surface area contributed by atoms with E-state index in [0.717, 1.165) is 9.88 Å². The minimum atomic E-state index is -5.57. The van der Waals surface area contributed by atoms with Crippen molar-refractivity contribution in [2.45, 2.75) is 25.0 Å². The maximum Gasteiger partial charge on any atom is 0.516 e. The average Bonchev–Trinajstić information content (AvgIpc) is 3.14. The second-order valence-electron chi connectivity index (χ2n) is 7.43. The minimum absolute atomic E-state index is 0.190. The maximum atomic E-state index is 12.8. The minimum Gasteiger partial charge on any atom is -0.493 e. The van der Waals surface area contributed by atoms with Gasteiger partial charge in [-0.15, -0.1) is 11.3 Å². The molecule has 4 rings (SSSR count). The second kappa shape index (κ2) is 8.38. The molecule has 32 heavy (non-hydrogen) atoms. The molecule has 0 spiro atoms. The number of thiazole rings is 1. The summed E-state index contributed by atoms with van der Waals surface area (Å²) in [6, 6.07) is 10.6. The molecule has 1 aromatic heterocycles. The van der Waals surface area contributed by atoms with E-state index in [0.29, 0.717) is 23.3 Å². The van der Waals surface area contributed by atoms with Gasteiger partial charge in [0.25, 0.3) is 0 Å². The summed E-state index contributed by atoms with van der Waals surface area (Å²) in [5.41, 5.74) is -4.38. The van der Waals surface area contributed by atoms with Gasteiger partial charge >= 0.3 is 15.5 Å². The van der Waals surface area contributed by atoms with Gasteiger partial charge in [0.1, 0.15) is 5.75 Å². The summed E-state index contributed by atoms with van der Waals surface area (Å²) in [5, 5.41) is 11.7. The third kappa shape index (κ3) is 4.45. The number of hydrogen-bond donors (Lipinski definition) is 2. The van der Waals surface area contributed by atoms with Crippen LogP contribution in [-0.2, 0) is 16.4 Å². The molecule has 2 aromatic carbocycles. The molecular weight excluding hydrogens is 465 g/mol. The lowest BCUT2D eigenvalue weighted by Gasteiger charge is -2.30. The van der Waals surface area contributed by atoms with Crippen molar-refractivity contribution < 1.29 is 31.4 Å². The molecule has 170 valence electrons. The van der Waals surface area contributed by atoms with Gasteiger partial charge in [-0.1, -0.05) is 30.3 Å². The number of nitrogens with one attached hydrogen (secondary N) is 1. The average molecular weight is 485 g/mol. The van der Waals surface area contributed by atoms with E-state index in [9.17, 15) is 26.7 Å². The van der Waals surface area contributed by atoms with Gasteiger partial charge < -0.3 is 9.84 Å². The van der Waals surface area contributed by atoms with Gasteiger partial charge in [0.2, 0.25) is 0 Å². The fourth-order valence-electron chi connectivity index (χ4n) is 3.53. The number of fused-ring (bicyclic) bond motifs is 1. The van der Waals surface area contributed by atoms with Gasteiger partial charge in [-0.25, -0.2) is 4.98 Å². The van der Waals surface area contributed by atoms with Gasteiger partial charge in [-0.05, 0) is 24.6 Å². The highest BCUT2D eigenvalue weighted by atomic mass is 32.2. The summed E-state index contributed by atoms with van der Waals surface area (Å²) in [5.74, 6) is 0.208. The number of sulfonamides is 1. The van der Waals surface area contributed by atoms with Crippen molar-refractivity contribution in [2.24, 2.45) is 5.92 Å². The summed E-state index contributed by atoms with van der Waals surface area (Å²) in [6.07, 6.45) is 1.54. The molecule has 0 bridgehead atoms. The van der Waals surface area contributed by atoms with Crippen molar-refractivity contribution in [1.29, 1.82) is 0 Å². The number of nitrogens with zero attached hydrogens (tertiary/aromatic N) is 1. The highest BCUT2D eigenvalue weighted by Crippen LogP contribution is 2.41. The van der Waals surface area contributed by atoms with Crippen LogP contribution in [0.1, 0.15) is 21.6 Å². The zero-order valence-corrected chi connectivity index (χ0v) is 18.4. The number of aliphatic hydroxyl groups is 1. The van der Waals surface area contributed by atoms with Crippen LogP contribution in [0, 0.1) is 12.8 Å². The Labute approximate surface area is 186 Å². The number of para-hydroxylation sites is 1. The first-order valence-electron chi connectivity index (χ1n) is 9.60. The van der Waals surface area contributed by atoms with Crippen LogP contribution in [0.25, 0.3) is 11.1 Å². The number of aryl methyl sites for hydroxylation is 1. The number of anilines is 1. The number of alkyl halides is 3. The third-order valence-electron chi connectivity index (χ3n) is 5.12. The highest BCUT2D eigenvalue weighted by molar-refractivity contribution is 7.93. The molecule has 1 unspecified atom stereocenters. The van der Waals surface area contributed by atoms with Gasteiger partial charge in [-0.2, -0.15) is 21.6 Å². The molecule has 0 fully saturated rings. The van der Waals surface area contributed by atoms with Gasteiger partial charge in [0, 0.05) is 34.5 Å². The highest BCUT2D eigenvalue weighted by Gasteiger charge is 2.46. The van der Waals surface area contributed by atoms with E-state index in [1.807, 2.05) is 6.92 Å². The van der Waals surface area contributed by atoms with Crippen LogP contribution in [0.2, 0.25) is 0 Å². The smallest absolute Gasteiger partial charge is 0.493 e. The maximum absolute atomic E-state index is 12.8. The van der Waals surface area contributed by atoms with Crippen LogP contribution >= 0.6 is 11.3 Å². The number of aromatic nitrogens is 1. The molecular formula is C21H19F3N2O4S2. The quantitative estimate of drug-likeness (QED) is 0.550. The van der Waals surface area contributed by atoms with E-state index in [1.165, 1.54) is 18.2 Å². The molecule has 0 radical (unpaired) electrons. The number of halogens is 3. The number of aliphatic hydroxyl groups excluding tert-OH is 1. The third-order valence-corrected chi connectivity index (χ3v) is 7.16. The molecule has 0 aliphatic carbocycles. The molecule has 0 saturated heterocycles. The molecule has 3 aromatic rings. The van der Waals surface area contributed by atoms with Crippen molar-refractivity contribution in [1.82, 2.24) is 4.98 Å². The Balaban J connectivity index is 1.61. The predicted molar refractivity (Wildman–Crippen MR) is 115 cm³/mol. The van der Waals surface area contributed by atoms with Crippen LogP contribution in [0.5, 0.6) is 5.75 Å². The molecule has 11 heteroatoms. The predicted octanol–water partition coefficient (Wildman–Crippen LogP) is 4.66. The van der Waals surface area contributed by atoms with E-state index in [-0.39, 0.29) is 23.8 Å². The zero-order valence-electron chi connectivity index (χ0n) is 16.8. The van der Waals surface area contributed by atoms with E-state index in [1.54, 1.807) is 46.5 Å². The van der Waals surface area contributed by atoms with Gasteiger partial charge in [-0.3, -0.25) is 4.72 Å². The topological polar surface area (TPSA) is 88.5 Å². The summed E-state index contributed by atoms with van der Waals surface area (Å²) >= 11 is 1.56. The first kappa shape index (κ1) is 22.6. The van der Waals surface area contributed by atoms with Crippen LogP contribution in [-0.4, -0.2) is 30.6 Å². The molecule has 2 heterocycles. The molecule has 2 atom stereocenters. The Morgan fingerprint density at radius 2 is 2.00 bits per heavy atom. The summed E-state index contributed by atoms with van der Waals surface area (Å²) in [6.45, 7) is 2.21. The fraction of sp³-hybridized carbons (Fsp3) is 0.286. The van der Waals surface area contributed by atoms with E-state index in [2.05, 4.69) is 4.98 Å². The second-order valence-corrected chi connectivity index (χ2v) is 10.4. The largest absolute Gasteiger partial charge is 0.516 e. The van der Waals surface area contributed by atoms with Crippen LogP contribution < -0.4 is 9.46 Å². The number of rotatable bonds is 5. The molecule has 6 nitrogen and oxygen atoms in total. The summed E-state index contributed by atoms with van der Waals surface area (Å²) in [7, 11) is -5.57. The van der Waals surface area contributed by atoms with Crippen molar-refractivity contribution in [3.63, 3.8) is 0 Å². The van der Waals surface area contributed by atoms with Crippen molar-refractivity contribution in [3.8, 4) is 16.9 Å². The van der Waals surface area contributed by atoms with Crippen molar-refractivity contribution in [2.75, 3.05) is 11.3 Å². The Kier molecular flexibility index (Phi) is 5.91. The Hall–Kier alpha value is -2.63. The molecule has 1 aliphatic rings. The monoisotopic (exact) mass is 484 g/mol. The molecule has 1 aliphatic heterocycles. The molecule has 0 saturated carbocycles. The zero-order chi connectivity index (χ0) is 23.1. The van der Waals surface area contributed by atoms with Gasteiger partial charge in [0.15, 0.2) is 0 Å². The van der Waals surface area contributed by atoms with Crippen LogP contribution in [0.3, 0.4) is 0 Å². The first-order chi connectivity index (χ1) is 15.0. The Morgan fingerprint density at radius 1 is 1.25 bits per heavy atom. The van der Waals surface area contributed by atoms with Gasteiger partial charge in [0.05, 0.1) is 23.4 Å². The lowest BCUT2D eigenvalue weighted by Crippen LogP contribution is -2.30. The van der Waals surface area contributed by atoms with E-state index in [4.69, 9.17) is 4.74 Å². The Morgan fingerprint density at radius 3 is 2.69 bits per heavy atom. The van der Waals surface area contributed by atoms with Crippen molar-refractivity contribution >= 4 is 27.0 Å². The summed E-state index contributed by atoms with van der Waals surface area (Å²) < 4.78 is 69.0. The van der Waals surface area contributed by atoms with Crippen molar-refractivity contribution in [3.05, 3.63) is 64.1 Å². The van der Waals surface area contributed by atoms with Crippen LogP contribution in [0.4, 0.5) is 18.9 Å². The normalized spacial score (nSPS) is 18.7. The standard InChI is InChI=1S/C21H19F3N2O4S2/c1-12-10-25-19(31-12)9-14-11-30-18-8-13(6-7-16(18)20(14)27)15-4-2-3-5-17(15)26-32(28,29)21(22,23)24/h2-8,10,14,20,26-27H,9,11H2,1H3/t14?,20-/m1/s1. The molecule has 0 amide bonds. The first-order valence-corrected chi connectivity index (χ1v) is 11.9. The molecule has 2 N–H and O–H groups in total. The number of hydrogen-bond acceptors (Lipinski definition) is 6. The lowest BCUT2D eigenvalue weighted by atomic mass is 9.89. The van der Waals surface area contributed by atoms with E-state index >= 15 is 0 Å². The lowest BCUT2D eigenvalue weighted by molar-refractivity contribution is -0.0429.